The van der Waals surface area contributed by atoms with Crippen molar-refractivity contribution in [1.29, 1.82) is 0 Å². The Morgan fingerprint density at radius 2 is 2.15 bits per heavy atom. The van der Waals surface area contributed by atoms with Gasteiger partial charge in [0.25, 0.3) is 0 Å². The van der Waals surface area contributed by atoms with E-state index in [4.69, 9.17) is 9.97 Å². The number of rotatable bonds is 5. The zero-order valence-electron chi connectivity index (χ0n) is 15.1. The molecule has 1 saturated carbocycles. The molecule has 1 aliphatic carbocycles. The summed E-state index contributed by atoms with van der Waals surface area (Å²) in [5.74, 6) is 2.48. The predicted molar refractivity (Wildman–Crippen MR) is 102 cm³/mol. The number of nitrogens with zero attached hydrogens (tertiary/aromatic N) is 4. The van der Waals surface area contributed by atoms with Crippen molar-refractivity contribution in [3.63, 3.8) is 0 Å². The number of fused-ring (bicyclic) bond motifs is 1. The van der Waals surface area contributed by atoms with E-state index in [2.05, 4.69) is 20.2 Å². The number of H-pyrrole nitrogens is 1. The Morgan fingerprint density at radius 3 is 2.81 bits per heavy atom. The van der Waals surface area contributed by atoms with E-state index >= 15 is 0 Å². The highest BCUT2D eigenvalue weighted by atomic mass is 32.2. The smallest absolute Gasteiger partial charge is 0.227 e. The van der Waals surface area contributed by atoms with E-state index in [1.54, 1.807) is 6.33 Å². The summed E-state index contributed by atoms with van der Waals surface area (Å²) in [6, 6.07) is 0. The summed E-state index contributed by atoms with van der Waals surface area (Å²) in [5, 5.41) is 13.1. The molecule has 1 atom stereocenters. The Hall–Kier alpha value is -2.00. The summed E-state index contributed by atoms with van der Waals surface area (Å²) in [6.07, 6.45) is 8.25. The maximum absolute atomic E-state index is 12.4. The Kier molecular flexibility index (Phi) is 4.16. The highest BCUT2D eigenvalue weighted by molar-refractivity contribution is 7.85. The molecule has 1 unspecified atom stereocenters. The van der Waals surface area contributed by atoms with E-state index in [-0.39, 0.29) is 12.1 Å². The van der Waals surface area contributed by atoms with Crippen LogP contribution in [-0.4, -0.2) is 60.2 Å². The van der Waals surface area contributed by atoms with Gasteiger partial charge in [-0.15, -0.1) is 0 Å². The third kappa shape index (κ3) is 3.12. The Bertz CT molecular complexity index is 859. The lowest BCUT2D eigenvalue weighted by Gasteiger charge is -2.32. The minimum absolute atomic E-state index is 0.0727. The molecule has 8 nitrogen and oxygen atoms in total. The second kappa shape index (κ2) is 6.56. The van der Waals surface area contributed by atoms with Gasteiger partial charge in [-0.25, -0.2) is 9.97 Å². The molecule has 0 spiro atoms. The van der Waals surface area contributed by atoms with Gasteiger partial charge in [-0.3, -0.25) is 4.21 Å². The average Bonchev–Trinajstić information content (AvgIpc) is 3.08. The Labute approximate surface area is 160 Å². The number of aliphatic hydroxyl groups excluding tert-OH is 1. The molecule has 1 saturated heterocycles. The molecule has 9 heteroatoms. The standard InChI is InChI=1S/C18H24N6O2S/c25-10-18(4-5-18)23-16-15-13(3-8-27(15)26)21-17(22-16)24-6-1-12(2-7-24)14-9-19-11-20-14/h9,11-12,25H,1-8,10H2,(H,19,20)(H,21,22,23). The van der Waals surface area contributed by atoms with Gasteiger partial charge in [0.15, 0.2) is 0 Å². The molecule has 3 aliphatic rings. The van der Waals surface area contributed by atoms with Gasteiger partial charge in [-0.1, -0.05) is 0 Å². The first-order valence-electron chi connectivity index (χ1n) is 9.59. The molecule has 2 aliphatic heterocycles. The molecule has 0 amide bonds. The molecule has 3 N–H and O–H groups in total. The average molecular weight is 388 g/mol. The topological polar surface area (TPSA) is 107 Å². The minimum Gasteiger partial charge on any atom is -0.394 e. The van der Waals surface area contributed by atoms with Crippen LogP contribution in [0.25, 0.3) is 0 Å². The van der Waals surface area contributed by atoms with Crippen molar-refractivity contribution < 1.29 is 9.32 Å². The quantitative estimate of drug-likeness (QED) is 0.706. The summed E-state index contributed by atoms with van der Waals surface area (Å²) in [6.45, 7) is 1.84. The number of aromatic nitrogens is 4. The van der Waals surface area contributed by atoms with Gasteiger partial charge >= 0.3 is 0 Å². The molecule has 0 radical (unpaired) electrons. The molecule has 0 bridgehead atoms. The first-order chi connectivity index (χ1) is 13.2. The molecule has 144 valence electrons. The van der Waals surface area contributed by atoms with Crippen LogP contribution in [0.1, 0.15) is 43.0 Å². The van der Waals surface area contributed by atoms with Crippen LogP contribution in [0.2, 0.25) is 0 Å². The van der Waals surface area contributed by atoms with Crippen molar-refractivity contribution in [2.45, 2.75) is 48.5 Å². The molecule has 0 aromatic carbocycles. The van der Waals surface area contributed by atoms with Crippen molar-refractivity contribution in [3.05, 3.63) is 23.9 Å². The molecular weight excluding hydrogens is 364 g/mol. The second-order valence-electron chi connectivity index (χ2n) is 7.78. The van der Waals surface area contributed by atoms with Crippen molar-refractivity contribution in [3.8, 4) is 0 Å². The second-order valence-corrected chi connectivity index (χ2v) is 9.29. The minimum atomic E-state index is -1.06. The molecule has 5 rings (SSSR count). The van der Waals surface area contributed by atoms with Crippen LogP contribution in [0, 0.1) is 0 Å². The number of imidazole rings is 1. The number of aryl methyl sites for hydroxylation is 1. The van der Waals surface area contributed by atoms with Gasteiger partial charge < -0.3 is 20.3 Å². The van der Waals surface area contributed by atoms with E-state index < -0.39 is 10.8 Å². The van der Waals surface area contributed by atoms with E-state index in [0.717, 1.165) is 55.8 Å². The van der Waals surface area contributed by atoms with Gasteiger partial charge in [0, 0.05) is 43.1 Å². The van der Waals surface area contributed by atoms with Crippen LogP contribution in [0.15, 0.2) is 17.4 Å². The third-order valence-electron chi connectivity index (χ3n) is 5.95. The zero-order valence-corrected chi connectivity index (χ0v) is 16.0. The summed E-state index contributed by atoms with van der Waals surface area (Å²) in [4.78, 5) is 19.8. The van der Waals surface area contributed by atoms with Gasteiger partial charge in [0.2, 0.25) is 5.95 Å². The number of aliphatic hydroxyl groups is 1. The SMILES string of the molecule is O=S1CCc2nc(N3CCC(c4cnc[nH]4)CC3)nc(NC3(CO)CC3)c21. The highest BCUT2D eigenvalue weighted by Gasteiger charge is 2.44. The molecule has 4 heterocycles. The Balaban J connectivity index is 1.39. The number of nitrogens with one attached hydrogen (secondary N) is 2. The van der Waals surface area contributed by atoms with Gasteiger partial charge in [-0.05, 0) is 25.7 Å². The maximum atomic E-state index is 12.4. The van der Waals surface area contributed by atoms with Crippen LogP contribution < -0.4 is 10.2 Å². The lowest BCUT2D eigenvalue weighted by atomic mass is 9.94. The van der Waals surface area contributed by atoms with E-state index in [9.17, 15) is 9.32 Å². The first-order valence-corrected chi connectivity index (χ1v) is 10.9. The number of aromatic amines is 1. The van der Waals surface area contributed by atoms with Gasteiger partial charge in [-0.2, -0.15) is 4.98 Å². The van der Waals surface area contributed by atoms with Crippen LogP contribution in [0.3, 0.4) is 0 Å². The third-order valence-corrected chi connectivity index (χ3v) is 7.41. The van der Waals surface area contributed by atoms with Crippen molar-refractivity contribution in [1.82, 2.24) is 19.9 Å². The highest BCUT2D eigenvalue weighted by Crippen LogP contribution is 2.41. The molecule has 2 aromatic rings. The number of hydrogen-bond acceptors (Lipinski definition) is 7. The summed E-state index contributed by atoms with van der Waals surface area (Å²) in [7, 11) is -1.06. The van der Waals surface area contributed by atoms with Crippen LogP contribution in [0.4, 0.5) is 11.8 Å². The molecule has 2 aromatic heterocycles. The zero-order chi connectivity index (χ0) is 18.4. The van der Waals surface area contributed by atoms with Crippen LogP contribution in [0.5, 0.6) is 0 Å². The number of hydrogen-bond donors (Lipinski definition) is 3. The van der Waals surface area contributed by atoms with E-state index in [0.29, 0.717) is 23.4 Å². The van der Waals surface area contributed by atoms with Crippen molar-refractivity contribution in [2.75, 3.05) is 35.7 Å². The van der Waals surface area contributed by atoms with Crippen LogP contribution in [-0.2, 0) is 17.2 Å². The lowest BCUT2D eigenvalue weighted by Crippen LogP contribution is -2.35. The van der Waals surface area contributed by atoms with Crippen LogP contribution >= 0.6 is 0 Å². The fraction of sp³-hybridized carbons (Fsp3) is 0.611. The maximum Gasteiger partial charge on any atom is 0.227 e. The number of anilines is 2. The lowest BCUT2D eigenvalue weighted by molar-refractivity contribution is 0.265. The van der Waals surface area contributed by atoms with E-state index in [1.165, 1.54) is 5.69 Å². The summed E-state index contributed by atoms with van der Waals surface area (Å²) < 4.78 is 12.4. The fourth-order valence-corrected chi connectivity index (χ4v) is 5.32. The monoisotopic (exact) mass is 388 g/mol. The molecule has 2 fully saturated rings. The predicted octanol–water partition coefficient (Wildman–Crippen LogP) is 1.18. The van der Waals surface area contributed by atoms with Crippen molar-refractivity contribution >= 4 is 22.6 Å². The summed E-state index contributed by atoms with van der Waals surface area (Å²) in [5.41, 5.74) is 1.80. The van der Waals surface area contributed by atoms with Crippen molar-refractivity contribution in [2.24, 2.45) is 0 Å². The largest absolute Gasteiger partial charge is 0.394 e. The normalized spacial score (nSPS) is 24.0. The fourth-order valence-electron chi connectivity index (χ4n) is 4.02. The van der Waals surface area contributed by atoms with E-state index in [1.807, 2.05) is 6.20 Å². The molecular formula is C18H24N6O2S. The van der Waals surface area contributed by atoms with Gasteiger partial charge in [0.05, 0.1) is 35.0 Å². The van der Waals surface area contributed by atoms with Gasteiger partial charge in [0.1, 0.15) is 10.7 Å². The molecule has 27 heavy (non-hydrogen) atoms. The number of piperidine rings is 1. The summed E-state index contributed by atoms with van der Waals surface area (Å²) >= 11 is 0. The Morgan fingerprint density at radius 1 is 1.33 bits per heavy atom. The first kappa shape index (κ1) is 17.1.